The van der Waals surface area contributed by atoms with Gasteiger partial charge in [0.05, 0.1) is 51.8 Å². The molecule has 0 spiro atoms. The molecule has 6 aliphatic rings. The molecule has 36 nitrogen and oxygen atoms in total. The van der Waals surface area contributed by atoms with E-state index in [1.54, 1.807) is 0 Å². The fraction of sp³-hybridized carbons (Fsp3) is 0.930. The lowest BCUT2D eigenvalue weighted by atomic mass is 9.88. The number of carboxylic acid groups (broad SMARTS) is 1. The summed E-state index contributed by atoms with van der Waals surface area (Å²) < 4.78 is 62.8. The highest BCUT2D eigenvalue weighted by Crippen LogP contribution is 2.39. The normalized spacial score (nSPS) is 47.7. The van der Waals surface area contributed by atoms with Gasteiger partial charge in [-0.2, -0.15) is 0 Å². The number of rotatable bonds is 21. The molecule has 79 heavy (non-hydrogen) atoms. The standard InChI is InChI=1S/C43H73N3O33/c1-10(53)45-20-25(60)31(75-41-30(65)36(24(59)15(6-49)71-41)79-43(42(67)68)3-12(55)19(44)34(78-43)22(57)13(56)4-47)17(8-51)72-38(20)77-35-21(46-11(2)54)39(70-14(5-48)23(35)58)74-33-18(9-52)73-40(29(64)27(33)62)76-32-16(7-50)69-37(66)28(63)26(32)61/h12-41,47-52,55-66H,3-9,44H2,1-2H3,(H,45,53)(H,46,54)(H,67,68)/t12-,13+,14+,15+,16+,17+,18+,19+,20+,21+,22+,23-,24-,25+,26+,27+,28+,29+,30+,31+,32+,33-,34+,35+,36-,37+,38-,39-,40-,41-,43-/m0/s1. The van der Waals surface area contributed by atoms with Gasteiger partial charge in [-0.15, -0.1) is 0 Å². The third-order valence-electron chi connectivity index (χ3n) is 14.3. The Kier molecular flexibility index (Phi) is 22.9. The van der Waals surface area contributed by atoms with E-state index in [9.17, 15) is 111 Å². The Morgan fingerprint density at radius 3 is 1.47 bits per heavy atom. The van der Waals surface area contributed by atoms with Crippen LogP contribution in [-0.4, -0.2) is 344 Å². The molecule has 6 heterocycles. The third-order valence-corrected chi connectivity index (χ3v) is 14.3. The fourth-order valence-electron chi connectivity index (χ4n) is 10.1. The van der Waals surface area contributed by atoms with Crippen LogP contribution in [0.2, 0.25) is 0 Å². The van der Waals surface area contributed by atoms with Crippen molar-refractivity contribution in [2.45, 2.75) is 210 Å². The van der Waals surface area contributed by atoms with Crippen LogP contribution in [0.3, 0.4) is 0 Å². The highest BCUT2D eigenvalue weighted by molar-refractivity contribution is 5.76. The summed E-state index contributed by atoms with van der Waals surface area (Å²) in [6.07, 6.45) is -54.8. The number of nitrogens with one attached hydrogen (secondary N) is 2. The van der Waals surface area contributed by atoms with Gasteiger partial charge in [-0.1, -0.05) is 0 Å². The molecule has 6 aliphatic heterocycles. The van der Waals surface area contributed by atoms with Crippen molar-refractivity contribution in [3.63, 3.8) is 0 Å². The number of ether oxygens (including phenoxy) is 11. The number of carbonyl (C=O) groups excluding carboxylic acids is 2. The average Bonchev–Trinajstić information content (AvgIpc) is 3.55. The zero-order valence-corrected chi connectivity index (χ0v) is 42.1. The van der Waals surface area contributed by atoms with Crippen LogP contribution in [0.15, 0.2) is 0 Å². The minimum absolute atomic E-state index is 0.886. The van der Waals surface area contributed by atoms with Gasteiger partial charge in [-0.25, -0.2) is 4.79 Å². The molecule has 2 amide bonds. The number of carbonyl (C=O) groups is 3. The largest absolute Gasteiger partial charge is 0.477 e. The average molecular weight is 1160 g/mol. The van der Waals surface area contributed by atoms with Crippen molar-refractivity contribution in [2.24, 2.45) is 5.73 Å². The van der Waals surface area contributed by atoms with Crippen LogP contribution in [0.1, 0.15) is 20.3 Å². The summed E-state index contributed by atoms with van der Waals surface area (Å²) >= 11 is 0. The Hall–Kier alpha value is -2.79. The van der Waals surface area contributed by atoms with Crippen molar-refractivity contribution in [1.29, 1.82) is 0 Å². The number of nitrogens with two attached hydrogens (primary N) is 1. The Balaban J connectivity index is 1.24. The first-order valence-corrected chi connectivity index (χ1v) is 24.8. The molecule has 0 aromatic carbocycles. The Morgan fingerprint density at radius 2 is 0.949 bits per heavy atom. The molecular formula is C43H73N3O33. The maximum absolute atomic E-state index is 12.9. The number of aliphatic hydroxyl groups is 18. The van der Waals surface area contributed by atoms with Crippen molar-refractivity contribution in [2.75, 3.05) is 39.6 Å². The van der Waals surface area contributed by atoms with Gasteiger partial charge < -0.3 is 165 Å². The van der Waals surface area contributed by atoms with Gasteiger partial charge >= 0.3 is 5.97 Å². The van der Waals surface area contributed by atoms with Gasteiger partial charge in [0.15, 0.2) is 31.5 Å². The zero-order chi connectivity index (χ0) is 58.7. The quantitative estimate of drug-likeness (QED) is 0.0507. The minimum atomic E-state index is -3.13. The first-order valence-electron chi connectivity index (χ1n) is 24.8. The van der Waals surface area contributed by atoms with Crippen molar-refractivity contribution in [1.82, 2.24) is 10.6 Å². The van der Waals surface area contributed by atoms with E-state index in [1.165, 1.54) is 0 Å². The summed E-state index contributed by atoms with van der Waals surface area (Å²) in [5.41, 5.74) is 5.94. The Morgan fingerprint density at radius 1 is 0.532 bits per heavy atom. The number of hydrogen-bond acceptors (Lipinski definition) is 33. The van der Waals surface area contributed by atoms with Gasteiger partial charge in [-0.05, 0) is 0 Å². The highest BCUT2D eigenvalue weighted by Gasteiger charge is 2.61. The topological polar surface area (TPSA) is 587 Å². The summed E-state index contributed by atoms with van der Waals surface area (Å²) in [6.45, 7) is -4.37. The number of aliphatic hydroxyl groups excluding tert-OH is 18. The molecule has 0 bridgehead atoms. The molecule has 458 valence electrons. The maximum Gasteiger partial charge on any atom is 0.364 e. The third kappa shape index (κ3) is 13.9. The van der Waals surface area contributed by atoms with Crippen LogP contribution in [-0.2, 0) is 66.5 Å². The smallest absolute Gasteiger partial charge is 0.364 e. The Labute approximate surface area is 446 Å². The van der Waals surface area contributed by atoms with Gasteiger partial charge in [0.2, 0.25) is 11.8 Å². The molecular weight excluding hydrogens is 1090 g/mol. The van der Waals surface area contributed by atoms with Crippen LogP contribution < -0.4 is 16.4 Å². The van der Waals surface area contributed by atoms with Crippen molar-refractivity contribution < 1.29 is 164 Å². The number of hydrogen-bond donors (Lipinski definition) is 22. The summed E-state index contributed by atoms with van der Waals surface area (Å²) in [7, 11) is 0. The van der Waals surface area contributed by atoms with Gasteiger partial charge in [-0.3, -0.25) is 9.59 Å². The van der Waals surface area contributed by atoms with Crippen LogP contribution in [0.5, 0.6) is 0 Å². The van der Waals surface area contributed by atoms with E-state index in [0.717, 1.165) is 13.8 Å². The first kappa shape index (κ1) is 65.4. The minimum Gasteiger partial charge on any atom is -0.477 e. The molecule has 6 fully saturated rings. The lowest BCUT2D eigenvalue weighted by Crippen LogP contribution is -2.72. The van der Waals surface area contributed by atoms with E-state index in [2.05, 4.69) is 10.6 Å². The monoisotopic (exact) mass is 1160 g/mol. The number of amides is 2. The molecule has 0 radical (unpaired) electrons. The van der Waals surface area contributed by atoms with Crippen molar-refractivity contribution in [3.8, 4) is 0 Å². The predicted molar refractivity (Wildman–Crippen MR) is 242 cm³/mol. The SMILES string of the molecule is CC(=O)N[C@H]1[C@H](O[C@H]2[C@@H](O)[C@@H](CO)O[C@@H](O[C@@H]3[C@H](O)[C@@H](O)[C@H](O[C@H]4[C@H](O)[C@@H](O)[C@H](O)O[C@@H]4CO)O[C@@H]3CO)[C@@H]2NC(C)=O)O[C@H](CO)[C@@H](O[C@@H]2O[C@H](CO)[C@H](O)[C@H](O[C@]3(C(=O)O)C[C@H](O)[C@@H](N)[C@H]([C@H](O)[C@H](O)CO)O3)[C@H]2O)[C@@H]1O. The predicted octanol–water partition coefficient (Wildman–Crippen LogP) is -14.6. The summed E-state index contributed by atoms with van der Waals surface area (Å²) in [4.78, 5) is 38.4. The molecule has 36 heteroatoms. The zero-order valence-electron chi connectivity index (χ0n) is 42.1. The lowest BCUT2D eigenvalue weighted by molar-refractivity contribution is -0.387. The molecule has 0 aromatic heterocycles. The molecule has 6 rings (SSSR count). The molecule has 31 atom stereocenters. The molecule has 0 saturated carbocycles. The number of aliphatic carboxylic acids is 1. The molecule has 0 unspecified atom stereocenters. The van der Waals surface area contributed by atoms with Gasteiger partial charge in [0.25, 0.3) is 5.79 Å². The van der Waals surface area contributed by atoms with E-state index in [-0.39, 0.29) is 0 Å². The highest BCUT2D eigenvalue weighted by atomic mass is 16.8. The van der Waals surface area contributed by atoms with Crippen LogP contribution in [0.25, 0.3) is 0 Å². The molecule has 23 N–H and O–H groups in total. The molecule has 6 saturated heterocycles. The van der Waals surface area contributed by atoms with Crippen molar-refractivity contribution in [3.05, 3.63) is 0 Å². The second-order valence-electron chi connectivity index (χ2n) is 19.7. The second kappa shape index (κ2) is 27.7. The van der Waals surface area contributed by atoms with E-state index in [1.807, 2.05) is 0 Å². The fourth-order valence-corrected chi connectivity index (χ4v) is 10.1. The lowest BCUT2D eigenvalue weighted by Gasteiger charge is -2.51. The van der Waals surface area contributed by atoms with E-state index in [4.69, 9.17) is 57.8 Å². The van der Waals surface area contributed by atoms with E-state index in [0.29, 0.717) is 0 Å². The molecule has 0 aliphatic carbocycles. The van der Waals surface area contributed by atoms with E-state index < -0.39 is 253 Å². The molecule has 0 aromatic rings. The van der Waals surface area contributed by atoms with Gasteiger partial charge in [0, 0.05) is 20.3 Å². The maximum atomic E-state index is 12.9. The summed E-state index contributed by atoms with van der Waals surface area (Å²) in [5.74, 6) is -6.96. The van der Waals surface area contributed by atoms with Crippen LogP contribution in [0.4, 0.5) is 0 Å². The summed E-state index contributed by atoms with van der Waals surface area (Å²) in [6, 6.07) is -5.30. The Bertz CT molecular complexity index is 1970. The number of carboxylic acids is 1. The van der Waals surface area contributed by atoms with Crippen LogP contribution >= 0.6 is 0 Å². The first-order chi connectivity index (χ1) is 37.2. The van der Waals surface area contributed by atoms with Crippen molar-refractivity contribution >= 4 is 17.8 Å². The summed E-state index contributed by atoms with van der Waals surface area (Å²) in [5, 5.41) is 207. The van der Waals surface area contributed by atoms with Crippen LogP contribution in [0, 0.1) is 0 Å². The van der Waals surface area contributed by atoms with Gasteiger partial charge in [0.1, 0.15) is 140 Å². The second-order valence-corrected chi connectivity index (χ2v) is 19.7. The van der Waals surface area contributed by atoms with E-state index >= 15 is 0 Å².